The zero-order valence-corrected chi connectivity index (χ0v) is 18.1. The van der Waals surface area contributed by atoms with Gasteiger partial charge in [-0.2, -0.15) is 10.1 Å². The molecule has 0 fully saturated rings. The molecule has 4 aromatic rings. The predicted molar refractivity (Wildman–Crippen MR) is 121 cm³/mol. The molecule has 0 saturated heterocycles. The first kappa shape index (κ1) is 19.4. The second kappa shape index (κ2) is 8.18. The third-order valence-electron chi connectivity index (χ3n) is 4.19. The van der Waals surface area contributed by atoms with E-state index >= 15 is 0 Å². The summed E-state index contributed by atoms with van der Waals surface area (Å²) in [6.45, 7) is 0. The molecule has 146 valence electrons. The van der Waals surface area contributed by atoms with Crippen molar-refractivity contribution in [3.8, 4) is 0 Å². The molecule has 0 bridgehead atoms. The topological polar surface area (TPSA) is 61.9 Å². The van der Waals surface area contributed by atoms with Gasteiger partial charge in [-0.15, -0.1) is 0 Å². The number of furan rings is 1. The maximum atomic E-state index is 13.3. The molecule has 2 aromatic carbocycles. The first-order valence-electron chi connectivity index (χ1n) is 8.77. The summed E-state index contributed by atoms with van der Waals surface area (Å²) >= 11 is 4.87. The largest absolute Gasteiger partial charge is 0.463 e. The molecule has 1 amide bonds. The van der Waals surface area contributed by atoms with Crippen LogP contribution in [0.25, 0.3) is 10.2 Å². The lowest BCUT2D eigenvalue weighted by Crippen LogP contribution is -2.25. The number of benzene rings is 2. The van der Waals surface area contributed by atoms with Gasteiger partial charge in [-0.25, -0.2) is 4.98 Å². The number of fused-ring (bicyclic) bond motifs is 1. The van der Waals surface area contributed by atoms with Crippen LogP contribution in [-0.2, 0) is 0 Å². The Kier molecular flexibility index (Phi) is 5.46. The maximum Gasteiger partial charge on any atom is 0.280 e. The lowest BCUT2D eigenvalue weighted by atomic mass is 10.2. The second-order valence-electron chi connectivity index (χ2n) is 6.43. The molecule has 4 rings (SSSR count). The molecule has 2 aromatic heterocycles. The fourth-order valence-corrected chi connectivity index (χ4v) is 4.14. The van der Waals surface area contributed by atoms with E-state index in [1.54, 1.807) is 30.5 Å². The van der Waals surface area contributed by atoms with Crippen molar-refractivity contribution in [1.29, 1.82) is 0 Å². The Balaban J connectivity index is 1.73. The number of carbonyl (C=O) groups is 1. The molecule has 0 radical (unpaired) electrons. The summed E-state index contributed by atoms with van der Waals surface area (Å²) in [6, 6.07) is 16.7. The minimum Gasteiger partial charge on any atom is -0.463 e. The molecular weight excluding hydrogens is 452 g/mol. The van der Waals surface area contributed by atoms with E-state index in [-0.39, 0.29) is 5.91 Å². The van der Waals surface area contributed by atoms with Gasteiger partial charge in [-0.1, -0.05) is 27.3 Å². The molecule has 0 aliphatic rings. The number of amides is 1. The number of carbonyl (C=O) groups excluding carboxylic acids is 1. The third kappa shape index (κ3) is 4.23. The van der Waals surface area contributed by atoms with Crippen LogP contribution in [-0.4, -0.2) is 31.2 Å². The van der Waals surface area contributed by atoms with E-state index in [2.05, 4.69) is 26.0 Å². The summed E-state index contributed by atoms with van der Waals surface area (Å²) in [5, 5.41) is 6.18. The lowest BCUT2D eigenvalue weighted by molar-refractivity contribution is 0.0988. The molecule has 8 heteroatoms. The minimum absolute atomic E-state index is 0.267. The Morgan fingerprint density at radius 2 is 1.97 bits per heavy atom. The van der Waals surface area contributed by atoms with Crippen molar-refractivity contribution in [2.75, 3.05) is 24.0 Å². The zero-order chi connectivity index (χ0) is 20.4. The highest BCUT2D eigenvalue weighted by molar-refractivity contribution is 9.10. The smallest absolute Gasteiger partial charge is 0.280 e. The number of hydrogen-bond acceptors (Lipinski definition) is 6. The molecule has 0 aliphatic heterocycles. The van der Waals surface area contributed by atoms with Gasteiger partial charge in [-0.3, -0.25) is 4.79 Å². The van der Waals surface area contributed by atoms with Crippen molar-refractivity contribution in [3.63, 3.8) is 0 Å². The summed E-state index contributed by atoms with van der Waals surface area (Å²) < 4.78 is 7.22. The van der Waals surface area contributed by atoms with E-state index in [0.717, 1.165) is 20.4 Å². The van der Waals surface area contributed by atoms with Gasteiger partial charge in [0.05, 0.1) is 22.7 Å². The molecule has 2 heterocycles. The van der Waals surface area contributed by atoms with Crippen molar-refractivity contribution >= 4 is 60.4 Å². The van der Waals surface area contributed by atoms with Crippen LogP contribution in [0.1, 0.15) is 16.1 Å². The number of halogens is 1. The SMILES string of the molecule is CN(C)c1ccc(C(=O)N(/N=C/c2ccco2)c2nc3ccc(Br)cc3s2)cc1. The summed E-state index contributed by atoms with van der Waals surface area (Å²) in [5.74, 6) is 0.283. The molecule has 6 nitrogen and oxygen atoms in total. The Morgan fingerprint density at radius 1 is 1.17 bits per heavy atom. The maximum absolute atomic E-state index is 13.3. The minimum atomic E-state index is -0.267. The molecule has 0 spiro atoms. The number of rotatable bonds is 5. The van der Waals surface area contributed by atoms with Crippen LogP contribution in [0.4, 0.5) is 10.8 Å². The van der Waals surface area contributed by atoms with Gasteiger partial charge < -0.3 is 9.32 Å². The Hall–Kier alpha value is -2.97. The summed E-state index contributed by atoms with van der Waals surface area (Å²) in [4.78, 5) is 19.8. The van der Waals surface area contributed by atoms with Crippen molar-refractivity contribution < 1.29 is 9.21 Å². The van der Waals surface area contributed by atoms with Crippen molar-refractivity contribution in [1.82, 2.24) is 4.98 Å². The molecule has 0 N–H and O–H groups in total. The van der Waals surface area contributed by atoms with E-state index in [0.29, 0.717) is 16.5 Å². The van der Waals surface area contributed by atoms with Gasteiger partial charge in [0.2, 0.25) is 5.13 Å². The Bertz CT molecular complexity index is 1170. The molecule has 0 saturated carbocycles. The first-order chi connectivity index (χ1) is 14.0. The van der Waals surface area contributed by atoms with Crippen LogP contribution in [0.5, 0.6) is 0 Å². The standard InChI is InChI=1S/C21H17BrN4O2S/c1-25(2)16-8-5-14(6-9-16)20(27)26(23-13-17-4-3-11-28-17)21-24-18-10-7-15(22)12-19(18)29-21/h3-13H,1-2H3/b23-13+. The van der Waals surface area contributed by atoms with Crippen LogP contribution in [0.15, 0.2) is 74.9 Å². The summed E-state index contributed by atoms with van der Waals surface area (Å²) in [7, 11) is 3.91. The van der Waals surface area contributed by atoms with E-state index in [1.165, 1.54) is 22.6 Å². The van der Waals surface area contributed by atoms with Crippen LogP contribution >= 0.6 is 27.3 Å². The fraction of sp³-hybridized carbons (Fsp3) is 0.0952. The molecular formula is C21H17BrN4O2S. The second-order valence-corrected chi connectivity index (χ2v) is 8.35. The number of hydrogen-bond donors (Lipinski definition) is 0. The number of hydrazone groups is 1. The van der Waals surface area contributed by atoms with Gasteiger partial charge in [0, 0.05) is 29.8 Å². The normalized spacial score (nSPS) is 11.3. The van der Waals surface area contributed by atoms with Crippen LogP contribution in [0.3, 0.4) is 0 Å². The number of thiazole rings is 1. The van der Waals surface area contributed by atoms with Crippen LogP contribution in [0.2, 0.25) is 0 Å². The third-order valence-corrected chi connectivity index (χ3v) is 5.67. The zero-order valence-electron chi connectivity index (χ0n) is 15.7. The summed E-state index contributed by atoms with van der Waals surface area (Å²) in [5.41, 5.74) is 2.34. The molecule has 29 heavy (non-hydrogen) atoms. The van der Waals surface area contributed by atoms with E-state index in [9.17, 15) is 4.79 Å². The highest BCUT2D eigenvalue weighted by Crippen LogP contribution is 2.32. The highest BCUT2D eigenvalue weighted by Gasteiger charge is 2.21. The monoisotopic (exact) mass is 468 g/mol. The van der Waals surface area contributed by atoms with Gasteiger partial charge >= 0.3 is 0 Å². The number of aromatic nitrogens is 1. The molecule has 0 aliphatic carbocycles. The molecule has 0 unspecified atom stereocenters. The van der Waals surface area contributed by atoms with E-state index in [4.69, 9.17) is 4.42 Å². The average Bonchev–Trinajstić information content (AvgIpc) is 3.37. The first-order valence-corrected chi connectivity index (χ1v) is 10.4. The summed E-state index contributed by atoms with van der Waals surface area (Å²) in [6.07, 6.45) is 3.07. The molecule has 0 atom stereocenters. The van der Waals surface area contributed by atoms with Gasteiger partial charge in [-0.05, 0) is 54.6 Å². The number of nitrogens with zero attached hydrogens (tertiary/aromatic N) is 4. The van der Waals surface area contributed by atoms with Crippen LogP contribution < -0.4 is 9.91 Å². The van der Waals surface area contributed by atoms with Crippen molar-refractivity contribution in [2.45, 2.75) is 0 Å². The van der Waals surface area contributed by atoms with Gasteiger partial charge in [0.15, 0.2) is 0 Å². The lowest BCUT2D eigenvalue weighted by Gasteiger charge is -2.15. The predicted octanol–water partition coefficient (Wildman–Crippen LogP) is 5.40. The van der Waals surface area contributed by atoms with Gasteiger partial charge in [0.1, 0.15) is 5.76 Å². The number of anilines is 2. The Morgan fingerprint density at radius 3 is 2.66 bits per heavy atom. The van der Waals surface area contributed by atoms with Crippen LogP contribution in [0, 0.1) is 0 Å². The van der Waals surface area contributed by atoms with Gasteiger partial charge in [0.25, 0.3) is 5.91 Å². The van der Waals surface area contributed by atoms with Crippen molar-refractivity contribution in [2.24, 2.45) is 5.10 Å². The van der Waals surface area contributed by atoms with Crippen molar-refractivity contribution in [3.05, 3.63) is 76.7 Å². The van der Waals surface area contributed by atoms with E-state index < -0.39 is 0 Å². The average molecular weight is 469 g/mol. The Labute approximate surface area is 180 Å². The highest BCUT2D eigenvalue weighted by atomic mass is 79.9. The fourth-order valence-electron chi connectivity index (χ4n) is 2.67. The van der Waals surface area contributed by atoms with E-state index in [1.807, 2.05) is 49.3 Å². The quantitative estimate of drug-likeness (QED) is 0.290.